The molecule has 1 saturated heterocycles. The van der Waals surface area contributed by atoms with Crippen LogP contribution < -0.4 is 14.7 Å². The highest BCUT2D eigenvalue weighted by Crippen LogP contribution is 2.19. The fourth-order valence-corrected chi connectivity index (χ4v) is 2.51. The van der Waals surface area contributed by atoms with Crippen LogP contribution in [0.15, 0.2) is 24.5 Å². The van der Waals surface area contributed by atoms with E-state index >= 15 is 0 Å². The van der Waals surface area contributed by atoms with Crippen molar-refractivity contribution in [3.05, 3.63) is 30.2 Å². The van der Waals surface area contributed by atoms with E-state index in [0.717, 1.165) is 37.8 Å². The molecule has 3 heterocycles. The Morgan fingerprint density at radius 3 is 2.30 bits per heavy atom. The Kier molecular flexibility index (Phi) is 4.19. The van der Waals surface area contributed by atoms with Gasteiger partial charge in [-0.3, -0.25) is 0 Å². The Balaban J connectivity index is 1.67. The maximum absolute atomic E-state index is 9.14. The van der Waals surface area contributed by atoms with Gasteiger partial charge in [0.25, 0.3) is 0 Å². The topological polar surface area (TPSA) is 85.1 Å². The first-order valence-electron chi connectivity index (χ1n) is 7.41. The number of hydrogen-bond acceptors (Lipinski definition) is 8. The lowest BCUT2D eigenvalue weighted by atomic mass is 10.3. The lowest BCUT2D eigenvalue weighted by molar-refractivity contribution is 0.636. The molecule has 3 rings (SSSR count). The summed E-state index contributed by atoms with van der Waals surface area (Å²) in [5, 5.41) is 17.6. The first-order valence-corrected chi connectivity index (χ1v) is 7.41. The van der Waals surface area contributed by atoms with Crippen LogP contribution in [-0.4, -0.2) is 60.4 Å². The molecule has 0 unspecified atom stereocenters. The van der Waals surface area contributed by atoms with Crippen LogP contribution in [0.3, 0.4) is 0 Å². The molecule has 8 nitrogen and oxygen atoms in total. The van der Waals surface area contributed by atoms with Gasteiger partial charge in [0.05, 0.1) is 0 Å². The Hall–Kier alpha value is -2.95. The van der Waals surface area contributed by atoms with Crippen LogP contribution >= 0.6 is 0 Å². The van der Waals surface area contributed by atoms with Crippen molar-refractivity contribution in [2.75, 3.05) is 55.0 Å². The van der Waals surface area contributed by atoms with Gasteiger partial charge >= 0.3 is 0 Å². The molecule has 1 aliphatic rings. The number of anilines is 3. The Morgan fingerprint density at radius 2 is 1.70 bits per heavy atom. The van der Waals surface area contributed by atoms with Crippen LogP contribution in [0.2, 0.25) is 0 Å². The van der Waals surface area contributed by atoms with Crippen molar-refractivity contribution >= 4 is 17.5 Å². The Bertz CT molecular complexity index is 698. The second-order valence-electron chi connectivity index (χ2n) is 5.46. The second-order valence-corrected chi connectivity index (χ2v) is 5.46. The third-order valence-corrected chi connectivity index (χ3v) is 3.78. The molecule has 0 aliphatic carbocycles. The molecule has 2 aromatic heterocycles. The molecular formula is C15H18N8. The van der Waals surface area contributed by atoms with Gasteiger partial charge in [-0.2, -0.15) is 5.26 Å². The third-order valence-electron chi connectivity index (χ3n) is 3.78. The standard InChI is InChI=1S/C15H18N8/c1-21(2)13-3-4-14(20-19-13)22-7-9-23(10-8-22)15-12(11-16)17-5-6-18-15/h3-6H,7-10H2,1-2H3. The molecule has 118 valence electrons. The molecular weight excluding hydrogens is 292 g/mol. The second kappa shape index (κ2) is 6.44. The van der Waals surface area contributed by atoms with E-state index in [1.165, 1.54) is 0 Å². The van der Waals surface area contributed by atoms with Gasteiger partial charge in [0.15, 0.2) is 23.1 Å². The summed E-state index contributed by atoms with van der Waals surface area (Å²) in [7, 11) is 3.88. The molecule has 0 spiro atoms. The van der Waals surface area contributed by atoms with Gasteiger partial charge < -0.3 is 14.7 Å². The van der Waals surface area contributed by atoms with E-state index in [1.807, 2.05) is 31.1 Å². The summed E-state index contributed by atoms with van der Waals surface area (Å²) in [6.45, 7) is 3.14. The van der Waals surface area contributed by atoms with E-state index in [2.05, 4.69) is 36.0 Å². The van der Waals surface area contributed by atoms with E-state index in [0.29, 0.717) is 11.5 Å². The van der Waals surface area contributed by atoms with E-state index in [-0.39, 0.29) is 0 Å². The quantitative estimate of drug-likeness (QED) is 0.811. The summed E-state index contributed by atoms with van der Waals surface area (Å²) in [5.74, 6) is 2.37. The fourth-order valence-electron chi connectivity index (χ4n) is 2.51. The lowest BCUT2D eigenvalue weighted by Crippen LogP contribution is -2.47. The van der Waals surface area contributed by atoms with Crippen molar-refractivity contribution < 1.29 is 0 Å². The molecule has 2 aromatic rings. The summed E-state index contributed by atoms with van der Waals surface area (Å²) in [6, 6.07) is 6.05. The highest BCUT2D eigenvalue weighted by molar-refractivity contribution is 5.52. The van der Waals surface area contributed by atoms with Crippen LogP contribution in [0.1, 0.15) is 5.69 Å². The SMILES string of the molecule is CN(C)c1ccc(N2CCN(c3nccnc3C#N)CC2)nn1. The fraction of sp³-hybridized carbons (Fsp3) is 0.400. The van der Waals surface area contributed by atoms with Crippen molar-refractivity contribution in [1.82, 2.24) is 20.2 Å². The van der Waals surface area contributed by atoms with Crippen LogP contribution in [0.25, 0.3) is 0 Å². The average molecular weight is 310 g/mol. The summed E-state index contributed by atoms with van der Waals surface area (Å²) in [4.78, 5) is 14.6. The van der Waals surface area contributed by atoms with Gasteiger partial charge in [0, 0.05) is 52.7 Å². The van der Waals surface area contributed by atoms with Gasteiger partial charge in [-0.15, -0.1) is 10.2 Å². The van der Waals surface area contributed by atoms with Gasteiger partial charge in [0.2, 0.25) is 0 Å². The van der Waals surface area contributed by atoms with Gasteiger partial charge in [0.1, 0.15) is 6.07 Å². The smallest absolute Gasteiger partial charge is 0.183 e. The predicted octanol–water partition coefficient (Wildman–Crippen LogP) is 0.531. The van der Waals surface area contributed by atoms with E-state index in [9.17, 15) is 0 Å². The monoisotopic (exact) mass is 310 g/mol. The number of hydrogen-bond donors (Lipinski definition) is 0. The largest absolute Gasteiger partial charge is 0.361 e. The number of aromatic nitrogens is 4. The Morgan fingerprint density at radius 1 is 1.00 bits per heavy atom. The molecule has 0 radical (unpaired) electrons. The van der Waals surface area contributed by atoms with Gasteiger partial charge in [-0.05, 0) is 12.1 Å². The maximum atomic E-state index is 9.14. The molecule has 8 heteroatoms. The molecule has 0 saturated carbocycles. The molecule has 23 heavy (non-hydrogen) atoms. The summed E-state index contributed by atoms with van der Waals surface area (Å²) >= 11 is 0. The van der Waals surface area contributed by atoms with E-state index in [4.69, 9.17) is 5.26 Å². The van der Waals surface area contributed by atoms with Crippen LogP contribution in [-0.2, 0) is 0 Å². The van der Waals surface area contributed by atoms with Crippen LogP contribution in [0.5, 0.6) is 0 Å². The zero-order valence-electron chi connectivity index (χ0n) is 13.2. The normalized spacial score (nSPS) is 14.5. The molecule has 1 fully saturated rings. The highest BCUT2D eigenvalue weighted by atomic mass is 15.3. The molecule has 0 N–H and O–H groups in total. The number of nitrogens with zero attached hydrogens (tertiary/aromatic N) is 8. The molecule has 0 aromatic carbocycles. The number of rotatable bonds is 3. The van der Waals surface area contributed by atoms with Crippen molar-refractivity contribution in [3.63, 3.8) is 0 Å². The number of nitriles is 1. The van der Waals surface area contributed by atoms with E-state index in [1.54, 1.807) is 12.4 Å². The average Bonchev–Trinajstić information content (AvgIpc) is 2.62. The predicted molar refractivity (Wildman–Crippen MR) is 87.5 cm³/mol. The molecule has 0 bridgehead atoms. The van der Waals surface area contributed by atoms with Crippen LogP contribution in [0, 0.1) is 11.3 Å². The first kappa shape index (κ1) is 15.0. The zero-order valence-corrected chi connectivity index (χ0v) is 13.2. The molecule has 0 atom stereocenters. The summed E-state index contributed by atoms with van der Waals surface area (Å²) < 4.78 is 0. The maximum Gasteiger partial charge on any atom is 0.183 e. The summed E-state index contributed by atoms with van der Waals surface area (Å²) in [5.41, 5.74) is 0.371. The minimum absolute atomic E-state index is 0.371. The summed E-state index contributed by atoms with van der Waals surface area (Å²) in [6.07, 6.45) is 3.16. The lowest BCUT2D eigenvalue weighted by Gasteiger charge is -2.35. The zero-order chi connectivity index (χ0) is 16.2. The van der Waals surface area contributed by atoms with Gasteiger partial charge in [-0.25, -0.2) is 9.97 Å². The minimum Gasteiger partial charge on any atom is -0.361 e. The highest BCUT2D eigenvalue weighted by Gasteiger charge is 2.21. The van der Waals surface area contributed by atoms with Crippen molar-refractivity contribution in [3.8, 4) is 6.07 Å². The van der Waals surface area contributed by atoms with Gasteiger partial charge in [-0.1, -0.05) is 0 Å². The van der Waals surface area contributed by atoms with E-state index < -0.39 is 0 Å². The van der Waals surface area contributed by atoms with Crippen molar-refractivity contribution in [2.24, 2.45) is 0 Å². The Labute approximate surface area is 135 Å². The molecule has 1 aliphatic heterocycles. The van der Waals surface area contributed by atoms with Crippen molar-refractivity contribution in [2.45, 2.75) is 0 Å². The first-order chi connectivity index (χ1) is 11.2. The molecule has 0 amide bonds. The number of piperazine rings is 1. The minimum atomic E-state index is 0.371. The van der Waals surface area contributed by atoms with Crippen LogP contribution in [0.4, 0.5) is 17.5 Å². The van der Waals surface area contributed by atoms with Crippen molar-refractivity contribution in [1.29, 1.82) is 5.26 Å². The third kappa shape index (κ3) is 3.13.